The smallest absolute Gasteiger partial charge is 0.201 e. The molecule has 1 fully saturated rings. The fourth-order valence-electron chi connectivity index (χ4n) is 4.76. The lowest BCUT2D eigenvalue weighted by Gasteiger charge is -2.31. The van der Waals surface area contributed by atoms with Gasteiger partial charge in [-0.25, -0.2) is 4.57 Å². The van der Waals surface area contributed by atoms with Crippen LogP contribution in [0.2, 0.25) is 18.1 Å². The van der Waals surface area contributed by atoms with E-state index in [-0.39, 0.29) is 0 Å². The van der Waals surface area contributed by atoms with Crippen molar-refractivity contribution >= 4 is 13.3 Å². The van der Waals surface area contributed by atoms with Crippen molar-refractivity contribution in [3.8, 4) is 11.3 Å². The summed E-state index contributed by atoms with van der Waals surface area (Å²) in [5.41, 5.74) is 5.82. The van der Waals surface area contributed by atoms with Gasteiger partial charge in [0.1, 0.15) is 7.05 Å². The Kier molecular flexibility index (Phi) is 3.45. The Morgan fingerprint density at radius 2 is 1.77 bits per heavy atom. The Labute approximate surface area is 135 Å². The summed E-state index contributed by atoms with van der Waals surface area (Å²) in [5.74, 6) is 0. The van der Waals surface area contributed by atoms with Crippen molar-refractivity contribution in [1.82, 2.24) is 0 Å². The molecule has 0 unspecified atom stereocenters. The van der Waals surface area contributed by atoms with Gasteiger partial charge in [0.15, 0.2) is 6.20 Å². The molecule has 1 saturated heterocycles. The highest BCUT2D eigenvalue weighted by Gasteiger charge is 2.43. The highest BCUT2D eigenvalue weighted by atomic mass is 28.3. The van der Waals surface area contributed by atoms with Crippen LogP contribution in [0, 0.1) is 6.92 Å². The molecule has 1 spiro atoms. The van der Waals surface area contributed by atoms with Crippen molar-refractivity contribution in [2.24, 2.45) is 7.05 Å². The van der Waals surface area contributed by atoms with Crippen molar-refractivity contribution in [3.05, 3.63) is 47.7 Å². The highest BCUT2D eigenvalue weighted by Crippen LogP contribution is 2.37. The lowest BCUT2D eigenvalue weighted by Crippen LogP contribution is -2.50. The second-order valence-corrected chi connectivity index (χ2v) is 12.0. The van der Waals surface area contributed by atoms with Crippen LogP contribution in [0.15, 0.2) is 36.5 Å². The Hall–Kier alpha value is -1.41. The number of benzene rings is 1. The van der Waals surface area contributed by atoms with Crippen molar-refractivity contribution in [2.75, 3.05) is 0 Å². The van der Waals surface area contributed by atoms with Crippen molar-refractivity contribution in [3.63, 3.8) is 0 Å². The van der Waals surface area contributed by atoms with Crippen molar-refractivity contribution in [1.29, 1.82) is 0 Å². The van der Waals surface area contributed by atoms with Crippen LogP contribution in [0.25, 0.3) is 11.3 Å². The lowest BCUT2D eigenvalue weighted by atomic mass is 10.0. The summed E-state index contributed by atoms with van der Waals surface area (Å²) in [5, 5.41) is 1.80. The number of rotatable bonds is 1. The standard InChI is InChI=1S/C20H26NSi/c1-16-8-4-5-9-18(16)19-14-17-10-13-22(11-6-3-7-12-22)20(17)15-21(19)2/h4-5,8-9,14-15H,3,6-7,10-13H2,1-2H3/q+1. The molecule has 1 nitrogen and oxygen atoms in total. The molecule has 114 valence electrons. The van der Waals surface area contributed by atoms with Gasteiger partial charge in [0, 0.05) is 16.8 Å². The third-order valence-corrected chi connectivity index (χ3v) is 11.5. The van der Waals surface area contributed by atoms with Gasteiger partial charge in [-0.05, 0) is 36.6 Å². The summed E-state index contributed by atoms with van der Waals surface area (Å²) in [6.45, 7) is 2.22. The molecule has 0 aliphatic carbocycles. The van der Waals surface area contributed by atoms with E-state index in [1.807, 2.05) is 0 Å². The van der Waals surface area contributed by atoms with Crippen molar-refractivity contribution in [2.45, 2.75) is 50.7 Å². The Morgan fingerprint density at radius 3 is 2.55 bits per heavy atom. The van der Waals surface area contributed by atoms with E-state index >= 15 is 0 Å². The van der Waals surface area contributed by atoms with Crippen LogP contribution < -0.4 is 9.75 Å². The van der Waals surface area contributed by atoms with Crippen molar-refractivity contribution < 1.29 is 4.57 Å². The predicted octanol–water partition coefficient (Wildman–Crippen LogP) is 3.88. The van der Waals surface area contributed by atoms with Gasteiger partial charge in [0.05, 0.1) is 8.07 Å². The molecular formula is C20H26NSi+. The van der Waals surface area contributed by atoms with Gasteiger partial charge in [-0.3, -0.25) is 0 Å². The maximum atomic E-state index is 2.52. The van der Waals surface area contributed by atoms with Crippen LogP contribution in [0.5, 0.6) is 0 Å². The monoisotopic (exact) mass is 308 g/mol. The van der Waals surface area contributed by atoms with Crippen LogP contribution >= 0.6 is 0 Å². The summed E-state index contributed by atoms with van der Waals surface area (Å²) in [6, 6.07) is 15.9. The molecular weight excluding hydrogens is 282 g/mol. The number of aromatic nitrogens is 1. The summed E-state index contributed by atoms with van der Waals surface area (Å²) in [6.07, 6.45) is 8.28. The molecule has 0 atom stereocenters. The molecule has 2 aromatic rings. The van der Waals surface area contributed by atoms with E-state index in [9.17, 15) is 0 Å². The predicted molar refractivity (Wildman–Crippen MR) is 95.2 cm³/mol. The molecule has 0 N–H and O–H groups in total. The Bertz CT molecular complexity index is 714. The molecule has 1 aromatic carbocycles. The van der Waals surface area contributed by atoms with E-state index in [2.05, 4.69) is 55.1 Å². The van der Waals surface area contributed by atoms with Gasteiger partial charge < -0.3 is 0 Å². The van der Waals surface area contributed by atoms with E-state index < -0.39 is 8.07 Å². The first-order valence-electron chi connectivity index (χ1n) is 8.79. The van der Waals surface area contributed by atoms with Gasteiger partial charge in [0.25, 0.3) is 0 Å². The molecule has 0 amide bonds. The average molecular weight is 309 g/mol. The SMILES string of the molecule is Cc1ccccc1-c1cc2c(c[n+]1C)[Si]1(CCCCC1)CC2. The van der Waals surface area contributed by atoms with Gasteiger partial charge in [-0.1, -0.05) is 49.5 Å². The third-order valence-electron chi connectivity index (χ3n) is 6.04. The number of fused-ring (bicyclic) bond motifs is 2. The number of aryl methyl sites for hydroxylation is 3. The molecule has 2 aliphatic heterocycles. The van der Waals surface area contributed by atoms with Crippen LogP contribution in [0.3, 0.4) is 0 Å². The molecule has 0 bridgehead atoms. The van der Waals surface area contributed by atoms with Crippen LogP contribution in [0.1, 0.15) is 30.4 Å². The quantitative estimate of drug-likeness (QED) is 0.556. The fraction of sp³-hybridized carbons (Fsp3) is 0.450. The largest absolute Gasteiger partial charge is 0.212 e. The number of pyridine rings is 1. The molecule has 2 aliphatic rings. The maximum Gasteiger partial charge on any atom is 0.212 e. The highest BCUT2D eigenvalue weighted by molar-refractivity contribution is 6.93. The van der Waals surface area contributed by atoms with Crippen LogP contribution in [-0.2, 0) is 13.5 Å². The molecule has 0 radical (unpaired) electrons. The van der Waals surface area contributed by atoms with Crippen LogP contribution in [-0.4, -0.2) is 8.07 Å². The average Bonchev–Trinajstić information content (AvgIpc) is 2.86. The lowest BCUT2D eigenvalue weighted by molar-refractivity contribution is -0.659. The first kappa shape index (κ1) is 14.2. The van der Waals surface area contributed by atoms with E-state index in [0.29, 0.717) is 0 Å². The molecule has 2 heteroatoms. The third kappa shape index (κ3) is 2.16. The minimum absolute atomic E-state index is 1.13. The number of hydrogen-bond donors (Lipinski definition) is 0. The summed E-state index contributed by atoms with van der Waals surface area (Å²) >= 11 is 0. The molecule has 3 heterocycles. The van der Waals surface area contributed by atoms with Crippen LogP contribution in [0.4, 0.5) is 0 Å². The van der Waals surface area contributed by atoms with E-state index in [0.717, 1.165) is 0 Å². The molecule has 1 aromatic heterocycles. The molecule has 4 rings (SSSR count). The van der Waals surface area contributed by atoms with E-state index in [1.165, 1.54) is 48.5 Å². The zero-order chi connectivity index (χ0) is 15.2. The van der Waals surface area contributed by atoms with E-state index in [4.69, 9.17) is 0 Å². The normalized spacial score (nSPS) is 19.4. The van der Waals surface area contributed by atoms with Gasteiger partial charge in [0.2, 0.25) is 5.69 Å². The maximum absolute atomic E-state index is 2.52. The summed E-state index contributed by atoms with van der Waals surface area (Å²) < 4.78 is 2.40. The summed E-state index contributed by atoms with van der Waals surface area (Å²) in [4.78, 5) is 0. The topological polar surface area (TPSA) is 3.88 Å². The zero-order valence-corrected chi connectivity index (χ0v) is 14.9. The Balaban J connectivity index is 1.82. The first-order valence-corrected chi connectivity index (χ1v) is 11.4. The number of nitrogens with zero attached hydrogens (tertiary/aromatic N) is 1. The minimum atomic E-state index is -1.13. The van der Waals surface area contributed by atoms with Gasteiger partial charge in [-0.15, -0.1) is 0 Å². The second-order valence-electron chi connectivity index (χ2n) is 7.36. The number of hydrogen-bond acceptors (Lipinski definition) is 0. The first-order chi connectivity index (χ1) is 10.7. The summed E-state index contributed by atoms with van der Waals surface area (Å²) in [7, 11) is 1.11. The second kappa shape index (κ2) is 5.34. The van der Waals surface area contributed by atoms with E-state index in [1.54, 1.807) is 22.8 Å². The molecule has 22 heavy (non-hydrogen) atoms. The zero-order valence-electron chi connectivity index (χ0n) is 13.9. The molecule has 0 saturated carbocycles. The fourth-order valence-corrected chi connectivity index (χ4v) is 10.3. The minimum Gasteiger partial charge on any atom is -0.201 e. The van der Waals surface area contributed by atoms with Gasteiger partial charge >= 0.3 is 0 Å². The van der Waals surface area contributed by atoms with Gasteiger partial charge in [-0.2, -0.15) is 0 Å². The Morgan fingerprint density at radius 1 is 1.00 bits per heavy atom.